The molecule has 0 atom stereocenters. The molecule has 3 heterocycles. The number of amides is 1. The van der Waals surface area contributed by atoms with Gasteiger partial charge in [0.15, 0.2) is 5.82 Å². The number of rotatable bonds is 6. The van der Waals surface area contributed by atoms with Gasteiger partial charge < -0.3 is 10.3 Å². The van der Waals surface area contributed by atoms with E-state index in [-0.39, 0.29) is 36.3 Å². The van der Waals surface area contributed by atoms with Gasteiger partial charge >= 0.3 is 5.69 Å². The molecule has 0 aliphatic heterocycles. The van der Waals surface area contributed by atoms with Crippen molar-refractivity contribution in [3.63, 3.8) is 0 Å². The molecule has 138 valence electrons. The largest absolute Gasteiger partial charge is 0.350 e. The van der Waals surface area contributed by atoms with E-state index in [1.807, 2.05) is 6.07 Å². The van der Waals surface area contributed by atoms with Gasteiger partial charge in [-0.1, -0.05) is 0 Å². The van der Waals surface area contributed by atoms with Crippen LogP contribution in [0, 0.1) is 0 Å². The summed E-state index contributed by atoms with van der Waals surface area (Å²) >= 11 is 0. The minimum atomic E-state index is -0.326. The normalized spacial score (nSPS) is 13.5. The molecule has 9 heteroatoms. The van der Waals surface area contributed by atoms with Crippen LogP contribution in [0.25, 0.3) is 11.4 Å². The molecular weight excluding hydrogens is 348 g/mol. The highest BCUT2D eigenvalue weighted by molar-refractivity contribution is 5.93. The minimum absolute atomic E-state index is 0.178. The number of H-pyrrole nitrogens is 1. The maximum Gasteiger partial charge on any atom is 0.346 e. The highest BCUT2D eigenvalue weighted by Gasteiger charge is 2.30. The third-order valence-corrected chi connectivity index (χ3v) is 4.36. The van der Waals surface area contributed by atoms with Crippen LogP contribution in [0.15, 0.2) is 52.4 Å². The molecule has 0 unspecified atom stereocenters. The number of nitrogens with one attached hydrogen (secondary N) is 2. The van der Waals surface area contributed by atoms with Crippen molar-refractivity contribution >= 4 is 5.91 Å². The summed E-state index contributed by atoms with van der Waals surface area (Å²) in [6.07, 6.45) is 6.63. The van der Waals surface area contributed by atoms with Crippen molar-refractivity contribution in [2.24, 2.45) is 0 Å². The third-order valence-electron chi connectivity index (χ3n) is 4.36. The van der Waals surface area contributed by atoms with E-state index in [0.717, 1.165) is 18.4 Å². The Morgan fingerprint density at radius 3 is 2.78 bits per heavy atom. The van der Waals surface area contributed by atoms with E-state index in [1.54, 1.807) is 23.0 Å². The number of nitrogens with zero attached hydrogens (tertiary/aromatic N) is 4. The lowest BCUT2D eigenvalue weighted by Crippen LogP contribution is -2.32. The second-order valence-electron chi connectivity index (χ2n) is 6.37. The molecule has 1 fully saturated rings. The van der Waals surface area contributed by atoms with Crippen LogP contribution in [0.2, 0.25) is 0 Å². The summed E-state index contributed by atoms with van der Waals surface area (Å²) in [4.78, 5) is 42.4. The van der Waals surface area contributed by atoms with Gasteiger partial charge in [-0.05, 0) is 31.0 Å². The summed E-state index contributed by atoms with van der Waals surface area (Å²) in [6, 6.07) is 6.59. The predicted octanol–water partition coefficient (Wildman–Crippen LogP) is 0.560. The van der Waals surface area contributed by atoms with E-state index >= 15 is 0 Å². The number of aromatic nitrogens is 5. The van der Waals surface area contributed by atoms with Gasteiger partial charge in [-0.15, -0.1) is 5.10 Å². The minimum Gasteiger partial charge on any atom is -0.350 e. The molecule has 1 aliphatic carbocycles. The van der Waals surface area contributed by atoms with Crippen LogP contribution in [0.4, 0.5) is 0 Å². The van der Waals surface area contributed by atoms with Gasteiger partial charge in [0.25, 0.3) is 5.91 Å². The van der Waals surface area contributed by atoms with Crippen molar-refractivity contribution in [1.29, 1.82) is 0 Å². The zero-order valence-electron chi connectivity index (χ0n) is 14.5. The maximum atomic E-state index is 12.7. The van der Waals surface area contributed by atoms with E-state index in [2.05, 4.69) is 20.4 Å². The highest BCUT2D eigenvalue weighted by atomic mass is 16.2. The summed E-state index contributed by atoms with van der Waals surface area (Å²) in [5.41, 5.74) is 0.681. The first-order valence-corrected chi connectivity index (χ1v) is 8.70. The van der Waals surface area contributed by atoms with Crippen molar-refractivity contribution in [2.75, 3.05) is 6.54 Å². The first-order valence-electron chi connectivity index (χ1n) is 8.70. The van der Waals surface area contributed by atoms with E-state index in [0.29, 0.717) is 11.4 Å². The molecule has 2 N–H and O–H groups in total. The van der Waals surface area contributed by atoms with E-state index in [1.165, 1.54) is 23.0 Å². The summed E-state index contributed by atoms with van der Waals surface area (Å²) in [5.74, 6) is 0.274. The molecule has 0 spiro atoms. The number of hydrogen-bond acceptors (Lipinski definition) is 5. The first kappa shape index (κ1) is 17.0. The second-order valence-corrected chi connectivity index (χ2v) is 6.37. The van der Waals surface area contributed by atoms with Crippen LogP contribution in [0.1, 0.15) is 29.2 Å². The van der Waals surface area contributed by atoms with Gasteiger partial charge in [-0.2, -0.15) is 0 Å². The van der Waals surface area contributed by atoms with Crippen molar-refractivity contribution < 1.29 is 4.79 Å². The molecule has 1 amide bonds. The maximum absolute atomic E-state index is 12.7. The lowest BCUT2D eigenvalue weighted by molar-refractivity contribution is 0.0951. The molecule has 0 bridgehead atoms. The summed E-state index contributed by atoms with van der Waals surface area (Å²) in [7, 11) is 0. The zero-order chi connectivity index (χ0) is 18.8. The third kappa shape index (κ3) is 3.57. The van der Waals surface area contributed by atoms with Crippen molar-refractivity contribution in [1.82, 2.24) is 29.6 Å². The Balaban J connectivity index is 1.49. The Kier molecular flexibility index (Phi) is 4.41. The summed E-state index contributed by atoms with van der Waals surface area (Å²) in [6.45, 7) is 0.493. The van der Waals surface area contributed by atoms with Gasteiger partial charge in [-0.3, -0.25) is 19.1 Å². The quantitative estimate of drug-likeness (QED) is 0.661. The SMILES string of the molecule is O=C(NCCn1nc(-c2cccnc2)n(C2CC2)c1=O)c1ccc(=O)[nH]c1. The molecule has 1 aliphatic rings. The smallest absolute Gasteiger partial charge is 0.346 e. The standard InChI is InChI=1S/C18H18N6O3/c25-15-6-3-13(11-21-15)17(26)20-8-9-23-18(27)24(14-4-5-14)16(22-23)12-2-1-7-19-10-12/h1-3,6-7,10-11,14H,4-5,8-9H2,(H,20,26)(H,21,25). The number of aromatic amines is 1. The Labute approximate surface area is 153 Å². The van der Waals surface area contributed by atoms with Crippen molar-refractivity contribution in [3.05, 3.63) is 69.3 Å². The molecule has 1 saturated carbocycles. The average molecular weight is 366 g/mol. The number of carbonyl (C=O) groups is 1. The van der Waals surface area contributed by atoms with Crippen molar-refractivity contribution in [2.45, 2.75) is 25.4 Å². The van der Waals surface area contributed by atoms with Crippen LogP contribution < -0.4 is 16.6 Å². The molecule has 0 saturated heterocycles. The molecule has 0 radical (unpaired) electrons. The van der Waals surface area contributed by atoms with Gasteiger partial charge in [0.05, 0.1) is 12.1 Å². The molecule has 27 heavy (non-hydrogen) atoms. The Morgan fingerprint density at radius 2 is 2.11 bits per heavy atom. The van der Waals surface area contributed by atoms with Crippen LogP contribution >= 0.6 is 0 Å². The monoisotopic (exact) mass is 366 g/mol. The van der Waals surface area contributed by atoms with Crippen LogP contribution in [0.3, 0.4) is 0 Å². The van der Waals surface area contributed by atoms with Gasteiger partial charge in [-0.25, -0.2) is 9.48 Å². The summed E-state index contributed by atoms with van der Waals surface area (Å²) in [5, 5.41) is 7.18. The average Bonchev–Trinajstić information content (AvgIpc) is 3.47. The Hall–Kier alpha value is -3.49. The predicted molar refractivity (Wildman–Crippen MR) is 97.4 cm³/mol. The molecule has 3 aromatic heterocycles. The number of carbonyl (C=O) groups excluding carboxylic acids is 1. The lowest BCUT2D eigenvalue weighted by atomic mass is 10.3. The molecule has 0 aromatic carbocycles. The van der Waals surface area contributed by atoms with E-state index in [9.17, 15) is 14.4 Å². The first-order chi connectivity index (χ1) is 13.1. The van der Waals surface area contributed by atoms with Crippen LogP contribution in [-0.2, 0) is 6.54 Å². The van der Waals surface area contributed by atoms with Crippen LogP contribution in [-0.4, -0.2) is 36.8 Å². The van der Waals surface area contributed by atoms with E-state index in [4.69, 9.17) is 0 Å². The lowest BCUT2D eigenvalue weighted by Gasteiger charge is -2.04. The fraction of sp³-hybridized carbons (Fsp3) is 0.278. The number of pyridine rings is 2. The molecular formula is C18H18N6O3. The summed E-state index contributed by atoms with van der Waals surface area (Å²) < 4.78 is 3.08. The molecule has 9 nitrogen and oxygen atoms in total. The molecule has 4 rings (SSSR count). The van der Waals surface area contributed by atoms with Gasteiger partial charge in [0.2, 0.25) is 5.56 Å². The molecule has 3 aromatic rings. The van der Waals surface area contributed by atoms with Gasteiger partial charge in [0.1, 0.15) is 0 Å². The van der Waals surface area contributed by atoms with E-state index < -0.39 is 0 Å². The topological polar surface area (TPSA) is 115 Å². The zero-order valence-corrected chi connectivity index (χ0v) is 14.5. The van der Waals surface area contributed by atoms with Crippen molar-refractivity contribution in [3.8, 4) is 11.4 Å². The second kappa shape index (κ2) is 7.02. The van der Waals surface area contributed by atoms with Gasteiger partial charge in [0, 0.05) is 42.8 Å². The van der Waals surface area contributed by atoms with Crippen LogP contribution in [0.5, 0.6) is 0 Å². The highest BCUT2D eigenvalue weighted by Crippen LogP contribution is 2.36. The fourth-order valence-electron chi connectivity index (χ4n) is 2.85. The fourth-order valence-corrected chi connectivity index (χ4v) is 2.85. The Morgan fingerprint density at radius 1 is 1.26 bits per heavy atom. The number of hydrogen-bond donors (Lipinski definition) is 2. The Bertz CT molecular complexity index is 1060.